The summed E-state index contributed by atoms with van der Waals surface area (Å²) < 4.78 is 0. The van der Waals surface area contributed by atoms with Crippen LogP contribution in [0.15, 0.2) is 24.3 Å². The zero-order chi connectivity index (χ0) is 14.3. The van der Waals surface area contributed by atoms with Gasteiger partial charge in [0.1, 0.15) is 0 Å². The van der Waals surface area contributed by atoms with Gasteiger partial charge in [0.25, 0.3) is 5.69 Å². The molecular weight excluding hydrogens is 248 g/mol. The monoisotopic (exact) mass is 266 g/mol. The lowest BCUT2D eigenvalue weighted by atomic mass is 10.1. The summed E-state index contributed by atoms with van der Waals surface area (Å²) in [5, 5.41) is 19.3. The molecule has 0 bridgehead atoms. The second-order valence-electron chi connectivity index (χ2n) is 4.36. The van der Waals surface area contributed by atoms with Crippen molar-refractivity contribution >= 4 is 11.6 Å². The van der Waals surface area contributed by atoms with E-state index in [1.54, 1.807) is 19.2 Å². The minimum absolute atomic E-state index is 0.0265. The lowest BCUT2D eigenvalue weighted by molar-refractivity contribution is -0.384. The van der Waals surface area contributed by atoms with Gasteiger partial charge in [-0.3, -0.25) is 14.9 Å². The lowest BCUT2D eigenvalue weighted by Crippen LogP contribution is -2.25. The summed E-state index contributed by atoms with van der Waals surface area (Å²) in [7, 11) is 1.67. The average molecular weight is 266 g/mol. The van der Waals surface area contributed by atoms with E-state index in [2.05, 4.69) is 0 Å². The van der Waals surface area contributed by atoms with E-state index in [0.717, 1.165) is 5.56 Å². The van der Waals surface area contributed by atoms with E-state index in [4.69, 9.17) is 5.11 Å². The van der Waals surface area contributed by atoms with Crippen molar-refractivity contribution < 1.29 is 14.8 Å². The first-order valence-electron chi connectivity index (χ1n) is 6.12. The first-order valence-corrected chi connectivity index (χ1v) is 6.12. The third kappa shape index (κ3) is 5.05. The van der Waals surface area contributed by atoms with Crippen LogP contribution in [-0.4, -0.2) is 34.5 Å². The van der Waals surface area contributed by atoms with Crippen LogP contribution in [0.3, 0.4) is 0 Å². The standard InChI is InChI=1S/C13H18N2O4/c1-14(13(17)7-2-3-8-16)10-11-5-4-6-12(9-11)15(18)19/h4-6,9,16H,2-3,7-8,10H2,1H3. The normalized spacial score (nSPS) is 10.2. The third-order valence-electron chi connectivity index (χ3n) is 2.77. The molecule has 0 saturated carbocycles. The number of non-ortho nitro benzene ring substituents is 1. The molecule has 0 aromatic heterocycles. The number of unbranched alkanes of at least 4 members (excludes halogenated alkanes) is 1. The van der Waals surface area contributed by atoms with Gasteiger partial charge in [-0.15, -0.1) is 0 Å². The van der Waals surface area contributed by atoms with Crippen LogP contribution in [0.2, 0.25) is 0 Å². The van der Waals surface area contributed by atoms with Crippen molar-refractivity contribution in [1.29, 1.82) is 0 Å². The van der Waals surface area contributed by atoms with Crippen LogP contribution in [0.5, 0.6) is 0 Å². The van der Waals surface area contributed by atoms with Crippen LogP contribution >= 0.6 is 0 Å². The van der Waals surface area contributed by atoms with Gasteiger partial charge in [0.15, 0.2) is 0 Å². The summed E-state index contributed by atoms with van der Waals surface area (Å²) >= 11 is 0. The molecule has 0 radical (unpaired) electrons. The number of aliphatic hydroxyl groups is 1. The molecule has 104 valence electrons. The lowest BCUT2D eigenvalue weighted by Gasteiger charge is -2.17. The Kier molecular flexibility index (Phi) is 5.95. The van der Waals surface area contributed by atoms with Gasteiger partial charge < -0.3 is 10.0 Å². The molecule has 1 aromatic rings. The van der Waals surface area contributed by atoms with Gasteiger partial charge in [-0.05, 0) is 18.4 Å². The Balaban J connectivity index is 2.56. The Morgan fingerprint density at radius 2 is 2.16 bits per heavy atom. The fourth-order valence-electron chi connectivity index (χ4n) is 1.71. The van der Waals surface area contributed by atoms with Crippen LogP contribution in [0.1, 0.15) is 24.8 Å². The maximum absolute atomic E-state index is 11.8. The minimum Gasteiger partial charge on any atom is -0.396 e. The second-order valence-corrected chi connectivity index (χ2v) is 4.36. The molecule has 0 saturated heterocycles. The van der Waals surface area contributed by atoms with E-state index >= 15 is 0 Å². The van der Waals surface area contributed by atoms with Gasteiger partial charge in [0.05, 0.1) is 4.92 Å². The Morgan fingerprint density at radius 1 is 1.42 bits per heavy atom. The number of carbonyl (C=O) groups is 1. The summed E-state index contributed by atoms with van der Waals surface area (Å²) in [5.74, 6) is -0.0278. The van der Waals surface area contributed by atoms with Gasteiger partial charge in [-0.1, -0.05) is 12.1 Å². The highest BCUT2D eigenvalue weighted by atomic mass is 16.6. The quantitative estimate of drug-likeness (QED) is 0.462. The van der Waals surface area contributed by atoms with Crippen LogP contribution in [0.4, 0.5) is 5.69 Å². The third-order valence-corrected chi connectivity index (χ3v) is 2.77. The smallest absolute Gasteiger partial charge is 0.269 e. The van der Waals surface area contributed by atoms with Gasteiger partial charge in [-0.25, -0.2) is 0 Å². The minimum atomic E-state index is -0.452. The van der Waals surface area contributed by atoms with E-state index in [0.29, 0.717) is 25.8 Å². The molecule has 0 fully saturated rings. The topological polar surface area (TPSA) is 83.7 Å². The van der Waals surface area contributed by atoms with Crippen molar-refractivity contribution in [3.8, 4) is 0 Å². The maximum atomic E-state index is 11.8. The molecule has 1 amide bonds. The van der Waals surface area contributed by atoms with E-state index in [1.807, 2.05) is 0 Å². The van der Waals surface area contributed by atoms with Gasteiger partial charge in [0.2, 0.25) is 5.91 Å². The molecule has 6 nitrogen and oxygen atoms in total. The predicted octanol–water partition coefficient (Wildman–Crippen LogP) is 1.72. The van der Waals surface area contributed by atoms with Crippen LogP contribution in [0, 0.1) is 10.1 Å². The van der Waals surface area contributed by atoms with Crippen molar-refractivity contribution in [2.45, 2.75) is 25.8 Å². The molecule has 0 unspecified atom stereocenters. The first kappa shape index (κ1) is 15.1. The number of amides is 1. The maximum Gasteiger partial charge on any atom is 0.269 e. The predicted molar refractivity (Wildman–Crippen MR) is 70.5 cm³/mol. The van der Waals surface area contributed by atoms with Crippen molar-refractivity contribution in [3.05, 3.63) is 39.9 Å². The molecule has 0 aliphatic rings. The first-order chi connectivity index (χ1) is 9.04. The molecule has 1 N–H and O–H groups in total. The molecule has 1 rings (SSSR count). The number of nitrogens with zero attached hydrogens (tertiary/aromatic N) is 2. The van der Waals surface area contributed by atoms with Gasteiger partial charge in [0, 0.05) is 38.8 Å². The molecule has 6 heteroatoms. The molecule has 0 aliphatic heterocycles. The van der Waals surface area contributed by atoms with Gasteiger partial charge in [-0.2, -0.15) is 0 Å². The summed E-state index contributed by atoms with van der Waals surface area (Å²) in [4.78, 5) is 23.5. The average Bonchev–Trinajstić information content (AvgIpc) is 2.39. The Labute approximate surface area is 111 Å². The number of benzene rings is 1. The molecule has 0 aliphatic carbocycles. The number of carbonyl (C=O) groups excluding carboxylic acids is 1. The van der Waals surface area contributed by atoms with Crippen molar-refractivity contribution in [3.63, 3.8) is 0 Å². The number of hydrogen-bond donors (Lipinski definition) is 1. The fourth-order valence-corrected chi connectivity index (χ4v) is 1.71. The number of hydrogen-bond acceptors (Lipinski definition) is 4. The van der Waals surface area contributed by atoms with Crippen LogP contribution < -0.4 is 0 Å². The van der Waals surface area contributed by atoms with Crippen LogP contribution in [-0.2, 0) is 11.3 Å². The van der Waals surface area contributed by atoms with Crippen LogP contribution in [0.25, 0.3) is 0 Å². The van der Waals surface area contributed by atoms with E-state index in [-0.39, 0.29) is 18.2 Å². The van der Waals surface area contributed by atoms with Crippen molar-refractivity contribution in [2.75, 3.05) is 13.7 Å². The molecular formula is C13H18N2O4. The SMILES string of the molecule is CN(Cc1cccc([N+](=O)[O-])c1)C(=O)CCCCO. The summed E-state index contributed by atoms with van der Waals surface area (Å²) in [5.41, 5.74) is 0.755. The highest BCUT2D eigenvalue weighted by Crippen LogP contribution is 2.14. The highest BCUT2D eigenvalue weighted by Gasteiger charge is 2.11. The molecule has 0 spiro atoms. The van der Waals surface area contributed by atoms with E-state index in [9.17, 15) is 14.9 Å². The Hall–Kier alpha value is -1.95. The number of nitro benzene ring substituents is 1. The van der Waals surface area contributed by atoms with E-state index < -0.39 is 4.92 Å². The number of rotatable bonds is 7. The Morgan fingerprint density at radius 3 is 2.79 bits per heavy atom. The summed E-state index contributed by atoms with van der Waals surface area (Å²) in [6, 6.07) is 6.26. The molecule has 19 heavy (non-hydrogen) atoms. The fraction of sp³-hybridized carbons (Fsp3) is 0.462. The highest BCUT2D eigenvalue weighted by molar-refractivity contribution is 5.75. The second kappa shape index (κ2) is 7.48. The molecule has 0 heterocycles. The number of aliphatic hydroxyl groups excluding tert-OH is 1. The van der Waals surface area contributed by atoms with Crippen molar-refractivity contribution in [2.24, 2.45) is 0 Å². The zero-order valence-electron chi connectivity index (χ0n) is 10.9. The summed E-state index contributed by atoms with van der Waals surface area (Å²) in [6.07, 6.45) is 1.64. The zero-order valence-corrected chi connectivity index (χ0v) is 10.9. The van der Waals surface area contributed by atoms with E-state index in [1.165, 1.54) is 17.0 Å². The Bertz CT molecular complexity index is 448. The number of nitro groups is 1. The largest absolute Gasteiger partial charge is 0.396 e. The van der Waals surface area contributed by atoms with Crippen molar-refractivity contribution in [1.82, 2.24) is 4.90 Å². The molecule has 1 aromatic carbocycles. The van der Waals surface area contributed by atoms with Gasteiger partial charge >= 0.3 is 0 Å². The molecule has 0 atom stereocenters. The summed E-state index contributed by atoms with van der Waals surface area (Å²) in [6.45, 7) is 0.432.